The number of carbonyl (C=O) groups excluding carboxylic acids is 1. The number of rotatable bonds is 6. The summed E-state index contributed by atoms with van der Waals surface area (Å²) < 4.78 is 4.93. The van der Waals surface area contributed by atoms with Gasteiger partial charge in [-0.05, 0) is 5.56 Å². The highest BCUT2D eigenvalue weighted by molar-refractivity contribution is 8.00. The van der Waals surface area contributed by atoms with E-state index in [1.165, 1.54) is 11.8 Å². The molecule has 1 atom stereocenters. The van der Waals surface area contributed by atoms with E-state index in [9.17, 15) is 4.79 Å². The molecule has 1 unspecified atom stereocenters. The first-order chi connectivity index (χ1) is 7.25. The van der Waals surface area contributed by atoms with E-state index in [2.05, 4.69) is 0 Å². The quantitative estimate of drug-likeness (QED) is 0.748. The molecule has 82 valence electrons. The van der Waals surface area contributed by atoms with E-state index in [0.29, 0.717) is 6.61 Å². The largest absolute Gasteiger partial charge is 0.384 e. The second-order valence-corrected chi connectivity index (χ2v) is 4.27. The van der Waals surface area contributed by atoms with Crippen molar-refractivity contribution in [3.05, 3.63) is 35.9 Å². The summed E-state index contributed by atoms with van der Waals surface area (Å²) in [6, 6.07) is 9.55. The maximum Gasteiger partial charge on any atom is 0.235 e. The molecule has 0 fully saturated rings. The zero-order valence-corrected chi connectivity index (χ0v) is 9.50. The number of amides is 1. The SMILES string of the molecule is COCCSC(C(N)=O)c1ccccc1. The Morgan fingerprint density at radius 3 is 2.67 bits per heavy atom. The lowest BCUT2D eigenvalue weighted by Crippen LogP contribution is -2.19. The lowest BCUT2D eigenvalue weighted by molar-refractivity contribution is -0.117. The number of hydrogen-bond acceptors (Lipinski definition) is 3. The van der Waals surface area contributed by atoms with Crippen LogP contribution < -0.4 is 5.73 Å². The molecule has 0 heterocycles. The van der Waals surface area contributed by atoms with Crippen molar-refractivity contribution in [3.63, 3.8) is 0 Å². The van der Waals surface area contributed by atoms with Gasteiger partial charge in [-0.25, -0.2) is 0 Å². The molecule has 0 aliphatic heterocycles. The summed E-state index contributed by atoms with van der Waals surface area (Å²) in [5, 5.41) is -0.277. The van der Waals surface area contributed by atoms with Gasteiger partial charge in [-0.3, -0.25) is 4.79 Å². The lowest BCUT2D eigenvalue weighted by atomic mass is 10.1. The first-order valence-electron chi connectivity index (χ1n) is 4.70. The zero-order chi connectivity index (χ0) is 11.1. The van der Waals surface area contributed by atoms with Gasteiger partial charge in [0.2, 0.25) is 5.91 Å². The fraction of sp³-hybridized carbons (Fsp3) is 0.364. The van der Waals surface area contributed by atoms with Crippen molar-refractivity contribution in [2.45, 2.75) is 5.25 Å². The summed E-state index contributed by atoms with van der Waals surface area (Å²) in [6.07, 6.45) is 0. The summed E-state index contributed by atoms with van der Waals surface area (Å²) in [6.45, 7) is 0.626. The maximum atomic E-state index is 11.3. The molecule has 1 amide bonds. The average Bonchev–Trinajstić information content (AvgIpc) is 2.25. The summed E-state index contributed by atoms with van der Waals surface area (Å²) in [5.74, 6) is 0.459. The highest BCUT2D eigenvalue weighted by Gasteiger charge is 2.17. The van der Waals surface area contributed by atoms with Crippen LogP contribution in [0.4, 0.5) is 0 Å². The van der Waals surface area contributed by atoms with Crippen molar-refractivity contribution < 1.29 is 9.53 Å². The number of primary amides is 1. The van der Waals surface area contributed by atoms with Crippen molar-refractivity contribution in [2.24, 2.45) is 5.73 Å². The number of ether oxygens (including phenoxy) is 1. The number of hydrogen-bond donors (Lipinski definition) is 1. The third kappa shape index (κ3) is 3.93. The Labute approximate surface area is 94.0 Å². The third-order valence-electron chi connectivity index (χ3n) is 1.93. The monoisotopic (exact) mass is 225 g/mol. The van der Waals surface area contributed by atoms with E-state index in [1.54, 1.807) is 7.11 Å². The van der Waals surface area contributed by atoms with Gasteiger partial charge in [0.25, 0.3) is 0 Å². The molecule has 0 aromatic heterocycles. The molecular formula is C11H15NO2S. The molecule has 0 saturated carbocycles. The van der Waals surface area contributed by atoms with Crippen LogP contribution in [0.2, 0.25) is 0 Å². The number of thioether (sulfide) groups is 1. The van der Waals surface area contributed by atoms with Crippen molar-refractivity contribution in [1.29, 1.82) is 0 Å². The second-order valence-electron chi connectivity index (χ2n) is 3.06. The Morgan fingerprint density at radius 1 is 1.47 bits per heavy atom. The molecule has 0 aliphatic rings. The molecule has 1 aromatic rings. The molecule has 3 nitrogen and oxygen atoms in total. The highest BCUT2D eigenvalue weighted by atomic mass is 32.2. The molecule has 0 spiro atoms. The van der Waals surface area contributed by atoms with Crippen molar-refractivity contribution in [2.75, 3.05) is 19.5 Å². The van der Waals surface area contributed by atoms with E-state index in [1.807, 2.05) is 30.3 Å². The van der Waals surface area contributed by atoms with Gasteiger partial charge in [-0.15, -0.1) is 11.8 Å². The van der Waals surface area contributed by atoms with Crippen LogP contribution in [0.1, 0.15) is 10.8 Å². The van der Waals surface area contributed by atoms with Crippen molar-refractivity contribution in [1.82, 2.24) is 0 Å². The normalized spacial score (nSPS) is 12.3. The first-order valence-corrected chi connectivity index (χ1v) is 5.75. The van der Waals surface area contributed by atoms with Gasteiger partial charge in [0.15, 0.2) is 0 Å². The van der Waals surface area contributed by atoms with Gasteiger partial charge < -0.3 is 10.5 Å². The van der Waals surface area contributed by atoms with Crippen LogP contribution in [0.5, 0.6) is 0 Å². The van der Waals surface area contributed by atoms with Gasteiger partial charge in [-0.1, -0.05) is 30.3 Å². The number of nitrogens with two attached hydrogens (primary N) is 1. The maximum absolute atomic E-state index is 11.3. The van der Waals surface area contributed by atoms with E-state index < -0.39 is 0 Å². The van der Waals surface area contributed by atoms with Crippen LogP contribution in [0.3, 0.4) is 0 Å². The second kappa shape index (κ2) is 6.48. The number of methoxy groups -OCH3 is 1. The molecule has 15 heavy (non-hydrogen) atoms. The first kappa shape index (κ1) is 12.1. The Balaban J connectivity index is 2.62. The van der Waals surface area contributed by atoms with Gasteiger partial charge >= 0.3 is 0 Å². The van der Waals surface area contributed by atoms with Crippen LogP contribution in [0.15, 0.2) is 30.3 Å². The summed E-state index contributed by atoms with van der Waals surface area (Å²) in [7, 11) is 1.64. The third-order valence-corrected chi connectivity index (χ3v) is 3.17. The zero-order valence-electron chi connectivity index (χ0n) is 8.68. The van der Waals surface area contributed by atoms with E-state index in [0.717, 1.165) is 11.3 Å². The molecule has 0 bridgehead atoms. The molecule has 0 radical (unpaired) electrons. The summed E-state index contributed by atoms with van der Waals surface area (Å²) in [5.41, 5.74) is 6.30. The molecule has 1 aromatic carbocycles. The highest BCUT2D eigenvalue weighted by Crippen LogP contribution is 2.27. The fourth-order valence-corrected chi connectivity index (χ4v) is 2.23. The Kier molecular flexibility index (Phi) is 5.21. The minimum absolute atomic E-state index is 0.277. The van der Waals surface area contributed by atoms with Gasteiger partial charge in [-0.2, -0.15) is 0 Å². The Hall–Kier alpha value is -1.00. The standard InChI is InChI=1S/C11H15NO2S/c1-14-7-8-15-10(11(12)13)9-5-3-2-4-6-9/h2-6,10H,7-8H2,1H3,(H2,12,13). The summed E-state index contributed by atoms with van der Waals surface area (Å²) >= 11 is 1.51. The van der Waals surface area contributed by atoms with Gasteiger partial charge in [0.1, 0.15) is 5.25 Å². The van der Waals surface area contributed by atoms with E-state index in [-0.39, 0.29) is 11.2 Å². The molecule has 0 aliphatic carbocycles. The molecule has 4 heteroatoms. The Morgan fingerprint density at radius 2 is 2.13 bits per heavy atom. The van der Waals surface area contributed by atoms with Crippen molar-refractivity contribution >= 4 is 17.7 Å². The van der Waals surface area contributed by atoms with E-state index >= 15 is 0 Å². The smallest absolute Gasteiger partial charge is 0.235 e. The lowest BCUT2D eigenvalue weighted by Gasteiger charge is -2.12. The molecular weight excluding hydrogens is 210 g/mol. The minimum Gasteiger partial charge on any atom is -0.384 e. The van der Waals surface area contributed by atoms with Crippen LogP contribution in [0, 0.1) is 0 Å². The Bertz CT molecular complexity index is 303. The van der Waals surface area contributed by atoms with Crippen LogP contribution >= 0.6 is 11.8 Å². The average molecular weight is 225 g/mol. The fourth-order valence-electron chi connectivity index (χ4n) is 1.22. The number of carbonyl (C=O) groups is 1. The van der Waals surface area contributed by atoms with Crippen LogP contribution in [-0.4, -0.2) is 25.4 Å². The molecule has 2 N–H and O–H groups in total. The van der Waals surface area contributed by atoms with Crippen molar-refractivity contribution in [3.8, 4) is 0 Å². The topological polar surface area (TPSA) is 52.3 Å². The van der Waals surface area contributed by atoms with Gasteiger partial charge in [0.05, 0.1) is 6.61 Å². The summed E-state index contributed by atoms with van der Waals surface area (Å²) in [4.78, 5) is 11.3. The number of benzene rings is 1. The minimum atomic E-state index is -0.303. The van der Waals surface area contributed by atoms with Crippen LogP contribution in [0.25, 0.3) is 0 Å². The van der Waals surface area contributed by atoms with E-state index in [4.69, 9.17) is 10.5 Å². The molecule has 0 saturated heterocycles. The predicted molar refractivity (Wildman–Crippen MR) is 62.7 cm³/mol. The van der Waals surface area contributed by atoms with Gasteiger partial charge in [0, 0.05) is 12.9 Å². The molecule has 1 rings (SSSR count). The predicted octanol–water partition coefficient (Wildman–Crippen LogP) is 1.59. The van der Waals surface area contributed by atoms with Crippen LogP contribution in [-0.2, 0) is 9.53 Å².